The van der Waals surface area contributed by atoms with E-state index in [1.165, 1.54) is 25.7 Å². The van der Waals surface area contributed by atoms with Crippen LogP contribution in [-0.4, -0.2) is 41.1 Å². The molecule has 0 aromatic carbocycles. The Morgan fingerprint density at radius 1 is 0.857 bits per heavy atom. The van der Waals surface area contributed by atoms with Crippen molar-refractivity contribution in [2.24, 2.45) is 0 Å². The summed E-state index contributed by atoms with van der Waals surface area (Å²) in [6, 6.07) is 0. The van der Waals surface area contributed by atoms with Crippen LogP contribution in [0.15, 0.2) is 0 Å². The molecule has 6 heteroatoms. The van der Waals surface area contributed by atoms with Crippen LogP contribution in [0.3, 0.4) is 0 Å². The van der Waals surface area contributed by atoms with Crippen LogP contribution in [-0.2, 0) is 0 Å². The van der Waals surface area contributed by atoms with E-state index in [1.54, 1.807) is 0 Å². The third-order valence-electron chi connectivity index (χ3n) is 3.61. The van der Waals surface area contributed by atoms with E-state index in [2.05, 4.69) is 44.3 Å². The summed E-state index contributed by atoms with van der Waals surface area (Å²) < 4.78 is 0. The van der Waals surface area contributed by atoms with Gasteiger partial charge in [0.05, 0.1) is 0 Å². The summed E-state index contributed by atoms with van der Waals surface area (Å²) in [5.41, 5.74) is 0. The average molecular weight is 292 g/mol. The van der Waals surface area contributed by atoms with Gasteiger partial charge in [-0.3, -0.25) is 0 Å². The molecular weight excluding hydrogens is 264 g/mol. The van der Waals surface area contributed by atoms with Crippen molar-refractivity contribution in [3.8, 4) is 0 Å². The summed E-state index contributed by atoms with van der Waals surface area (Å²) in [5.74, 6) is 2.19. The summed E-state index contributed by atoms with van der Waals surface area (Å²) in [6.07, 6.45) is 7.12. The number of nitrogens with zero attached hydrogens (tertiary/aromatic N) is 4. The van der Waals surface area contributed by atoms with Gasteiger partial charge < -0.3 is 15.5 Å². The van der Waals surface area contributed by atoms with Gasteiger partial charge in [0.25, 0.3) is 0 Å². The molecule has 0 unspecified atom stereocenters. The SMILES string of the molecule is CCCCCNc1nc(NCCC)nc(N2CCCC2)n1. The van der Waals surface area contributed by atoms with Gasteiger partial charge in [-0.15, -0.1) is 0 Å². The molecule has 1 aliphatic rings. The second kappa shape index (κ2) is 8.64. The van der Waals surface area contributed by atoms with Crippen molar-refractivity contribution in [2.75, 3.05) is 41.7 Å². The fourth-order valence-corrected chi connectivity index (χ4v) is 2.39. The Labute approximate surface area is 127 Å². The first kappa shape index (κ1) is 15.8. The predicted octanol–water partition coefficient (Wildman–Crippen LogP) is 2.90. The van der Waals surface area contributed by atoms with Crippen LogP contribution in [0.25, 0.3) is 0 Å². The smallest absolute Gasteiger partial charge is 0.231 e. The maximum absolute atomic E-state index is 4.57. The third-order valence-corrected chi connectivity index (χ3v) is 3.61. The Morgan fingerprint density at radius 3 is 2.14 bits per heavy atom. The van der Waals surface area contributed by atoms with E-state index in [-0.39, 0.29) is 0 Å². The lowest BCUT2D eigenvalue weighted by molar-refractivity contribution is 0.739. The molecule has 0 amide bonds. The maximum atomic E-state index is 4.57. The van der Waals surface area contributed by atoms with E-state index >= 15 is 0 Å². The topological polar surface area (TPSA) is 66.0 Å². The van der Waals surface area contributed by atoms with Crippen LogP contribution < -0.4 is 15.5 Å². The van der Waals surface area contributed by atoms with Crippen molar-refractivity contribution < 1.29 is 0 Å². The third kappa shape index (κ3) is 5.02. The van der Waals surface area contributed by atoms with Crippen molar-refractivity contribution in [3.05, 3.63) is 0 Å². The zero-order valence-electron chi connectivity index (χ0n) is 13.4. The molecule has 0 spiro atoms. The first-order valence-electron chi connectivity index (χ1n) is 8.32. The number of aromatic nitrogens is 3. The van der Waals surface area contributed by atoms with Gasteiger partial charge in [0.2, 0.25) is 17.8 Å². The molecule has 1 aliphatic heterocycles. The number of unbranched alkanes of at least 4 members (excludes halogenated alkanes) is 2. The zero-order chi connectivity index (χ0) is 14.9. The Balaban J connectivity index is 2.04. The second-order valence-electron chi connectivity index (χ2n) is 5.54. The highest BCUT2D eigenvalue weighted by Gasteiger charge is 2.17. The molecule has 1 aromatic rings. The first-order valence-corrected chi connectivity index (χ1v) is 8.32. The largest absolute Gasteiger partial charge is 0.354 e. The molecule has 1 saturated heterocycles. The molecule has 6 nitrogen and oxygen atoms in total. The average Bonchev–Trinajstić information content (AvgIpc) is 3.04. The fraction of sp³-hybridized carbons (Fsp3) is 0.800. The highest BCUT2D eigenvalue weighted by molar-refractivity contribution is 5.44. The maximum Gasteiger partial charge on any atom is 0.231 e. The van der Waals surface area contributed by atoms with Crippen molar-refractivity contribution in [3.63, 3.8) is 0 Å². The van der Waals surface area contributed by atoms with Gasteiger partial charge >= 0.3 is 0 Å². The summed E-state index contributed by atoms with van der Waals surface area (Å²) in [6.45, 7) is 8.25. The van der Waals surface area contributed by atoms with E-state index in [0.717, 1.165) is 45.0 Å². The van der Waals surface area contributed by atoms with Crippen LogP contribution in [0.1, 0.15) is 52.4 Å². The van der Waals surface area contributed by atoms with Crippen molar-refractivity contribution in [2.45, 2.75) is 52.4 Å². The molecule has 0 radical (unpaired) electrons. The molecule has 118 valence electrons. The minimum atomic E-state index is 0.687. The van der Waals surface area contributed by atoms with Gasteiger partial charge in [-0.2, -0.15) is 15.0 Å². The van der Waals surface area contributed by atoms with E-state index in [4.69, 9.17) is 0 Å². The molecule has 1 fully saturated rings. The normalized spacial score (nSPS) is 14.5. The minimum absolute atomic E-state index is 0.687. The van der Waals surface area contributed by atoms with Gasteiger partial charge in [-0.05, 0) is 25.7 Å². The van der Waals surface area contributed by atoms with Crippen LogP contribution in [0.5, 0.6) is 0 Å². The highest BCUT2D eigenvalue weighted by Crippen LogP contribution is 2.18. The molecule has 2 rings (SSSR count). The number of nitrogens with one attached hydrogen (secondary N) is 2. The zero-order valence-corrected chi connectivity index (χ0v) is 13.4. The van der Waals surface area contributed by atoms with Crippen molar-refractivity contribution in [1.29, 1.82) is 0 Å². The molecule has 1 aromatic heterocycles. The van der Waals surface area contributed by atoms with E-state index < -0.39 is 0 Å². The molecule has 0 aliphatic carbocycles. The minimum Gasteiger partial charge on any atom is -0.354 e. The highest BCUT2D eigenvalue weighted by atomic mass is 15.3. The lowest BCUT2D eigenvalue weighted by Gasteiger charge is -2.17. The lowest BCUT2D eigenvalue weighted by Crippen LogP contribution is -2.22. The Kier molecular flexibility index (Phi) is 6.50. The van der Waals surface area contributed by atoms with Crippen LogP contribution in [0, 0.1) is 0 Å². The van der Waals surface area contributed by atoms with E-state index in [9.17, 15) is 0 Å². The number of hydrogen-bond donors (Lipinski definition) is 2. The van der Waals surface area contributed by atoms with Gasteiger partial charge in [0.1, 0.15) is 0 Å². The van der Waals surface area contributed by atoms with Gasteiger partial charge in [-0.1, -0.05) is 26.7 Å². The van der Waals surface area contributed by atoms with Gasteiger partial charge in [-0.25, -0.2) is 0 Å². The predicted molar refractivity (Wildman–Crippen MR) is 88.1 cm³/mol. The molecule has 2 N–H and O–H groups in total. The second-order valence-corrected chi connectivity index (χ2v) is 5.54. The monoisotopic (exact) mass is 292 g/mol. The molecule has 0 bridgehead atoms. The molecular formula is C15H28N6. The van der Waals surface area contributed by atoms with Gasteiger partial charge in [0, 0.05) is 26.2 Å². The summed E-state index contributed by atoms with van der Waals surface area (Å²) in [5, 5.41) is 6.60. The van der Waals surface area contributed by atoms with Crippen molar-refractivity contribution >= 4 is 17.8 Å². The Hall–Kier alpha value is -1.59. The molecule has 21 heavy (non-hydrogen) atoms. The quantitative estimate of drug-likeness (QED) is 0.682. The molecule has 2 heterocycles. The standard InChI is InChI=1S/C15H28N6/c1-3-5-6-10-17-14-18-13(16-9-4-2)19-15(20-14)21-11-7-8-12-21/h3-12H2,1-2H3,(H2,16,17,18,19,20). The number of anilines is 3. The van der Waals surface area contributed by atoms with Crippen LogP contribution >= 0.6 is 0 Å². The first-order chi connectivity index (χ1) is 10.3. The Bertz CT molecular complexity index is 417. The lowest BCUT2D eigenvalue weighted by atomic mass is 10.2. The molecule has 0 saturated carbocycles. The van der Waals surface area contributed by atoms with E-state index in [1.807, 2.05) is 0 Å². The van der Waals surface area contributed by atoms with Gasteiger partial charge in [0.15, 0.2) is 0 Å². The molecule has 0 atom stereocenters. The summed E-state index contributed by atoms with van der Waals surface area (Å²) >= 11 is 0. The van der Waals surface area contributed by atoms with Crippen molar-refractivity contribution in [1.82, 2.24) is 15.0 Å². The number of rotatable bonds is 9. The summed E-state index contributed by atoms with van der Waals surface area (Å²) in [4.78, 5) is 15.8. The summed E-state index contributed by atoms with van der Waals surface area (Å²) in [7, 11) is 0. The van der Waals surface area contributed by atoms with Crippen LogP contribution in [0.4, 0.5) is 17.8 Å². The number of hydrogen-bond acceptors (Lipinski definition) is 6. The van der Waals surface area contributed by atoms with Crippen LogP contribution in [0.2, 0.25) is 0 Å². The Morgan fingerprint density at radius 2 is 1.52 bits per heavy atom. The fourth-order valence-electron chi connectivity index (χ4n) is 2.39. The van der Waals surface area contributed by atoms with E-state index in [0.29, 0.717) is 11.9 Å².